The summed E-state index contributed by atoms with van der Waals surface area (Å²) in [5.41, 5.74) is 0.387. The van der Waals surface area contributed by atoms with Gasteiger partial charge in [-0.25, -0.2) is 25.5 Å². The Hall–Kier alpha value is -1.03. The van der Waals surface area contributed by atoms with Crippen molar-refractivity contribution in [3.63, 3.8) is 0 Å². The highest BCUT2D eigenvalue weighted by Gasteiger charge is 2.33. The van der Waals surface area contributed by atoms with E-state index in [2.05, 4.69) is 0 Å². The molecule has 1 fully saturated rings. The van der Waals surface area contributed by atoms with Crippen LogP contribution in [0.4, 0.5) is 4.39 Å². The normalized spacial score (nSPS) is 18.5. The number of aryl methyl sites for hydroxylation is 1. The SMILES string of the molecule is Cc1ccc(S(=O)(=O)N2CCC(N(C)S(C)(=O)=O)CC2)cc1F. The molecule has 6 nitrogen and oxygen atoms in total. The zero-order valence-electron chi connectivity index (χ0n) is 13.4. The number of hydrogen-bond donors (Lipinski definition) is 0. The van der Waals surface area contributed by atoms with Gasteiger partial charge in [-0.15, -0.1) is 0 Å². The van der Waals surface area contributed by atoms with E-state index in [9.17, 15) is 21.2 Å². The van der Waals surface area contributed by atoms with Crippen LogP contribution in [-0.2, 0) is 20.0 Å². The molecule has 130 valence electrons. The Labute approximate surface area is 137 Å². The third-order valence-electron chi connectivity index (χ3n) is 4.24. The largest absolute Gasteiger partial charge is 0.243 e. The fourth-order valence-corrected chi connectivity index (χ4v) is 4.83. The van der Waals surface area contributed by atoms with Gasteiger partial charge in [0.05, 0.1) is 11.2 Å². The summed E-state index contributed by atoms with van der Waals surface area (Å²) >= 11 is 0. The van der Waals surface area contributed by atoms with Crippen molar-refractivity contribution >= 4 is 20.0 Å². The first-order valence-electron chi connectivity index (χ1n) is 7.23. The predicted molar refractivity (Wildman–Crippen MR) is 85.5 cm³/mol. The Morgan fingerprint density at radius 2 is 1.74 bits per heavy atom. The van der Waals surface area contributed by atoms with E-state index in [1.165, 1.54) is 27.8 Å². The molecule has 0 atom stereocenters. The average molecular weight is 364 g/mol. The number of rotatable bonds is 4. The third kappa shape index (κ3) is 3.90. The third-order valence-corrected chi connectivity index (χ3v) is 7.48. The van der Waals surface area contributed by atoms with E-state index in [4.69, 9.17) is 0 Å². The van der Waals surface area contributed by atoms with Crippen molar-refractivity contribution in [2.45, 2.75) is 30.7 Å². The van der Waals surface area contributed by atoms with Crippen LogP contribution in [0.2, 0.25) is 0 Å². The van der Waals surface area contributed by atoms with Crippen molar-refractivity contribution < 1.29 is 21.2 Å². The summed E-state index contributed by atoms with van der Waals surface area (Å²) in [6, 6.07) is 3.64. The molecule has 1 saturated heterocycles. The quantitative estimate of drug-likeness (QED) is 0.804. The topological polar surface area (TPSA) is 74.8 Å². The molecular weight excluding hydrogens is 343 g/mol. The van der Waals surface area contributed by atoms with Gasteiger partial charge in [0.15, 0.2) is 0 Å². The molecule has 0 aromatic heterocycles. The monoisotopic (exact) mass is 364 g/mol. The van der Waals surface area contributed by atoms with Gasteiger partial charge in [-0.3, -0.25) is 0 Å². The highest BCUT2D eigenvalue weighted by Crippen LogP contribution is 2.24. The molecule has 1 aromatic rings. The molecule has 0 spiro atoms. The van der Waals surface area contributed by atoms with Crippen LogP contribution in [0.5, 0.6) is 0 Å². The first kappa shape index (κ1) is 18.3. The van der Waals surface area contributed by atoms with Crippen LogP contribution in [0.3, 0.4) is 0 Å². The van der Waals surface area contributed by atoms with Crippen LogP contribution in [0.1, 0.15) is 18.4 Å². The van der Waals surface area contributed by atoms with E-state index in [0.29, 0.717) is 18.4 Å². The van der Waals surface area contributed by atoms with Crippen LogP contribution in [0, 0.1) is 12.7 Å². The highest BCUT2D eigenvalue weighted by atomic mass is 32.2. The summed E-state index contributed by atoms with van der Waals surface area (Å²) < 4.78 is 64.4. The van der Waals surface area contributed by atoms with Gasteiger partial charge < -0.3 is 0 Å². The Balaban J connectivity index is 2.14. The minimum absolute atomic E-state index is 0.0736. The Morgan fingerprint density at radius 3 is 2.22 bits per heavy atom. The standard InChI is InChI=1S/C14H21FN2O4S2/c1-11-4-5-13(10-14(11)15)23(20,21)17-8-6-12(7-9-17)16(2)22(3,18)19/h4-5,10,12H,6-9H2,1-3H3. The zero-order chi connectivity index (χ0) is 17.4. The van der Waals surface area contributed by atoms with Gasteiger partial charge in [0.2, 0.25) is 20.0 Å². The van der Waals surface area contributed by atoms with Crippen molar-refractivity contribution in [2.24, 2.45) is 0 Å². The summed E-state index contributed by atoms with van der Waals surface area (Å²) in [6.07, 6.45) is 1.96. The summed E-state index contributed by atoms with van der Waals surface area (Å²) in [6.45, 7) is 1.99. The molecule has 1 aliphatic heterocycles. The van der Waals surface area contributed by atoms with Crippen molar-refractivity contribution in [3.05, 3.63) is 29.6 Å². The van der Waals surface area contributed by atoms with E-state index < -0.39 is 25.9 Å². The summed E-state index contributed by atoms with van der Waals surface area (Å²) in [7, 11) is -5.56. The molecule has 0 saturated carbocycles. The van der Waals surface area contributed by atoms with Gasteiger partial charge >= 0.3 is 0 Å². The molecular formula is C14H21FN2O4S2. The minimum atomic E-state index is -3.76. The summed E-state index contributed by atoms with van der Waals surface area (Å²) in [5.74, 6) is -0.558. The van der Waals surface area contributed by atoms with Crippen molar-refractivity contribution in [1.82, 2.24) is 8.61 Å². The average Bonchev–Trinajstić information content (AvgIpc) is 2.48. The minimum Gasteiger partial charge on any atom is -0.213 e. The number of benzene rings is 1. The number of nitrogens with zero attached hydrogens (tertiary/aromatic N) is 2. The molecule has 1 heterocycles. The predicted octanol–water partition coefficient (Wildman–Crippen LogP) is 1.18. The van der Waals surface area contributed by atoms with Gasteiger partial charge in [0, 0.05) is 26.2 Å². The van der Waals surface area contributed by atoms with E-state index in [-0.39, 0.29) is 24.0 Å². The molecule has 1 aliphatic rings. The molecule has 0 N–H and O–H groups in total. The zero-order valence-corrected chi connectivity index (χ0v) is 15.0. The number of piperidine rings is 1. The van der Waals surface area contributed by atoms with Gasteiger partial charge in [0.1, 0.15) is 5.82 Å². The second kappa shape index (κ2) is 6.46. The van der Waals surface area contributed by atoms with Crippen molar-refractivity contribution in [2.75, 3.05) is 26.4 Å². The molecule has 0 unspecified atom stereocenters. The first-order valence-corrected chi connectivity index (χ1v) is 10.5. The lowest BCUT2D eigenvalue weighted by Gasteiger charge is -2.35. The number of hydrogen-bond acceptors (Lipinski definition) is 4. The molecule has 0 radical (unpaired) electrons. The Kier molecular flexibility index (Phi) is 5.15. The Bertz CT molecular complexity index is 785. The van der Waals surface area contributed by atoms with Gasteiger partial charge in [0.25, 0.3) is 0 Å². The molecule has 2 rings (SSSR count). The Morgan fingerprint density at radius 1 is 1.17 bits per heavy atom. The maximum atomic E-state index is 13.6. The number of sulfonamides is 2. The molecule has 0 amide bonds. The lowest BCUT2D eigenvalue weighted by atomic mass is 10.1. The van der Waals surface area contributed by atoms with Crippen LogP contribution in [0.25, 0.3) is 0 Å². The van der Waals surface area contributed by atoms with Crippen LogP contribution in [0.15, 0.2) is 23.1 Å². The molecule has 1 aromatic carbocycles. The molecule has 0 aliphatic carbocycles. The van der Waals surface area contributed by atoms with Crippen molar-refractivity contribution in [1.29, 1.82) is 0 Å². The number of halogens is 1. The van der Waals surface area contributed by atoms with Gasteiger partial charge in [-0.05, 0) is 37.5 Å². The first-order chi connectivity index (χ1) is 10.5. The smallest absolute Gasteiger partial charge is 0.213 e. The van der Waals surface area contributed by atoms with E-state index in [1.807, 2.05) is 0 Å². The lowest BCUT2D eigenvalue weighted by Crippen LogP contribution is -2.46. The molecule has 0 bridgehead atoms. The van der Waals surface area contributed by atoms with E-state index in [0.717, 1.165) is 12.3 Å². The summed E-state index contributed by atoms with van der Waals surface area (Å²) in [5, 5.41) is 0. The lowest BCUT2D eigenvalue weighted by molar-refractivity contribution is 0.239. The van der Waals surface area contributed by atoms with E-state index >= 15 is 0 Å². The van der Waals surface area contributed by atoms with Gasteiger partial charge in [-0.1, -0.05) is 6.07 Å². The summed E-state index contributed by atoms with van der Waals surface area (Å²) in [4.78, 5) is -0.0736. The molecule has 23 heavy (non-hydrogen) atoms. The fraction of sp³-hybridized carbons (Fsp3) is 0.571. The maximum absolute atomic E-state index is 13.6. The second-order valence-electron chi connectivity index (χ2n) is 5.83. The van der Waals surface area contributed by atoms with Crippen molar-refractivity contribution in [3.8, 4) is 0 Å². The van der Waals surface area contributed by atoms with Crippen LogP contribution in [-0.4, -0.2) is 57.9 Å². The van der Waals surface area contributed by atoms with Gasteiger partial charge in [-0.2, -0.15) is 4.31 Å². The molecule has 9 heteroatoms. The highest BCUT2D eigenvalue weighted by molar-refractivity contribution is 7.89. The van der Waals surface area contributed by atoms with Crippen LogP contribution < -0.4 is 0 Å². The van der Waals surface area contributed by atoms with E-state index in [1.54, 1.807) is 6.92 Å². The van der Waals surface area contributed by atoms with Crippen LogP contribution >= 0.6 is 0 Å². The fourth-order valence-electron chi connectivity index (χ4n) is 2.60. The second-order valence-corrected chi connectivity index (χ2v) is 9.81. The maximum Gasteiger partial charge on any atom is 0.243 e.